The highest BCUT2D eigenvalue weighted by Crippen LogP contribution is 2.17. The van der Waals surface area contributed by atoms with Gasteiger partial charge >= 0.3 is 12.1 Å². The van der Waals surface area contributed by atoms with Crippen LogP contribution in [0.1, 0.15) is 44.7 Å². The van der Waals surface area contributed by atoms with Gasteiger partial charge in [-0.1, -0.05) is 80.6 Å². The number of carbonyl (C=O) groups is 5. The van der Waals surface area contributed by atoms with Crippen molar-refractivity contribution >= 4 is 29.8 Å². The zero-order valence-corrected chi connectivity index (χ0v) is 25.4. The lowest BCUT2D eigenvalue weighted by atomic mass is 9.97. The predicted octanol–water partition coefficient (Wildman–Crippen LogP) is 2.80. The van der Waals surface area contributed by atoms with Crippen LogP contribution in [0.2, 0.25) is 0 Å². The summed E-state index contributed by atoms with van der Waals surface area (Å²) >= 11 is 0. The molecule has 0 aliphatic carbocycles. The average Bonchev–Trinajstić information content (AvgIpc) is 3.41. The molecule has 1 fully saturated rings. The number of rotatable bonds is 15. The van der Waals surface area contributed by atoms with E-state index in [0.29, 0.717) is 13.0 Å². The number of ether oxygens (including phenoxy) is 2. The van der Waals surface area contributed by atoms with Gasteiger partial charge in [0.05, 0.1) is 6.61 Å². The fraction of sp³-hybridized carbons (Fsp3) is 0.424. The molecule has 4 atom stereocenters. The summed E-state index contributed by atoms with van der Waals surface area (Å²) in [5.41, 5.74) is 1.60. The first-order chi connectivity index (χ1) is 21.2. The van der Waals surface area contributed by atoms with E-state index in [9.17, 15) is 24.0 Å². The Morgan fingerprint density at radius 1 is 0.909 bits per heavy atom. The topological polar surface area (TPSA) is 152 Å². The molecule has 44 heavy (non-hydrogen) atoms. The molecule has 0 saturated carbocycles. The largest absolute Gasteiger partial charge is 0.463 e. The van der Waals surface area contributed by atoms with E-state index in [4.69, 9.17) is 9.47 Å². The van der Waals surface area contributed by atoms with Gasteiger partial charge in [-0.25, -0.2) is 9.59 Å². The summed E-state index contributed by atoms with van der Waals surface area (Å²) in [6.07, 6.45) is 3.01. The Bertz CT molecular complexity index is 1280. The van der Waals surface area contributed by atoms with Gasteiger partial charge in [0.15, 0.2) is 0 Å². The molecule has 0 bridgehead atoms. The summed E-state index contributed by atoms with van der Waals surface area (Å²) in [6, 6.07) is 15.7. The molecule has 2 aromatic rings. The Balaban J connectivity index is 1.75. The maximum atomic E-state index is 13.7. The van der Waals surface area contributed by atoms with Crippen LogP contribution >= 0.6 is 0 Å². The van der Waals surface area contributed by atoms with Gasteiger partial charge in [0.2, 0.25) is 17.7 Å². The summed E-state index contributed by atoms with van der Waals surface area (Å²) in [4.78, 5) is 64.1. The number of nitrogens with one attached hydrogen (secondary N) is 4. The Kier molecular flexibility index (Phi) is 13.4. The van der Waals surface area contributed by atoms with Crippen molar-refractivity contribution in [2.75, 3.05) is 13.2 Å². The zero-order chi connectivity index (χ0) is 31.9. The first-order valence-corrected chi connectivity index (χ1v) is 14.9. The van der Waals surface area contributed by atoms with Crippen LogP contribution in [-0.4, -0.2) is 61.1 Å². The predicted molar refractivity (Wildman–Crippen MR) is 164 cm³/mol. The molecule has 1 saturated heterocycles. The third kappa shape index (κ3) is 11.2. The smallest absolute Gasteiger partial charge is 0.408 e. The van der Waals surface area contributed by atoms with Crippen LogP contribution in [0.25, 0.3) is 0 Å². The molecule has 236 valence electrons. The lowest BCUT2D eigenvalue weighted by Gasteiger charge is -2.26. The molecule has 0 radical (unpaired) electrons. The summed E-state index contributed by atoms with van der Waals surface area (Å²) in [6.45, 7) is 6.01. The van der Waals surface area contributed by atoms with Gasteiger partial charge in [-0.2, -0.15) is 0 Å². The van der Waals surface area contributed by atoms with Crippen LogP contribution in [0, 0.1) is 11.8 Å². The maximum absolute atomic E-state index is 13.7. The minimum atomic E-state index is -1.02. The van der Waals surface area contributed by atoms with Crippen molar-refractivity contribution in [2.45, 2.75) is 64.8 Å². The maximum Gasteiger partial charge on any atom is 0.408 e. The van der Waals surface area contributed by atoms with E-state index in [1.807, 2.05) is 60.7 Å². The molecule has 1 aliphatic rings. The minimum absolute atomic E-state index is 0.0396. The van der Waals surface area contributed by atoms with Crippen LogP contribution in [0.5, 0.6) is 0 Å². The summed E-state index contributed by atoms with van der Waals surface area (Å²) in [7, 11) is 0. The second kappa shape index (κ2) is 17.4. The van der Waals surface area contributed by atoms with Crippen molar-refractivity contribution in [2.24, 2.45) is 11.8 Å². The van der Waals surface area contributed by atoms with Gasteiger partial charge in [-0.05, 0) is 36.8 Å². The van der Waals surface area contributed by atoms with E-state index >= 15 is 0 Å². The lowest BCUT2D eigenvalue weighted by Crippen LogP contribution is -2.57. The highest BCUT2D eigenvalue weighted by Gasteiger charge is 2.32. The summed E-state index contributed by atoms with van der Waals surface area (Å²) in [5, 5.41) is 11.1. The Hall–Kier alpha value is -4.67. The third-order valence-electron chi connectivity index (χ3n) is 7.13. The molecule has 11 heteroatoms. The highest BCUT2D eigenvalue weighted by atomic mass is 16.5. The van der Waals surface area contributed by atoms with Crippen LogP contribution in [0.15, 0.2) is 72.8 Å². The van der Waals surface area contributed by atoms with Gasteiger partial charge in [0, 0.05) is 31.0 Å². The third-order valence-corrected chi connectivity index (χ3v) is 7.13. The fourth-order valence-corrected chi connectivity index (χ4v) is 4.78. The molecular weight excluding hydrogens is 564 g/mol. The monoisotopic (exact) mass is 606 g/mol. The van der Waals surface area contributed by atoms with E-state index in [2.05, 4.69) is 21.3 Å². The van der Waals surface area contributed by atoms with Gasteiger partial charge < -0.3 is 30.7 Å². The molecule has 2 aromatic carbocycles. The molecule has 4 unspecified atom stereocenters. The number of hydrogen-bond acceptors (Lipinski definition) is 7. The van der Waals surface area contributed by atoms with Crippen LogP contribution in [-0.2, 0) is 41.7 Å². The van der Waals surface area contributed by atoms with Crippen molar-refractivity contribution in [3.8, 4) is 0 Å². The van der Waals surface area contributed by atoms with E-state index in [0.717, 1.165) is 11.1 Å². The molecule has 4 amide bonds. The highest BCUT2D eigenvalue weighted by molar-refractivity contribution is 5.92. The van der Waals surface area contributed by atoms with Gasteiger partial charge in [0.25, 0.3) is 0 Å². The van der Waals surface area contributed by atoms with Crippen molar-refractivity contribution in [1.29, 1.82) is 0 Å². The normalized spacial score (nSPS) is 16.5. The second-order valence-electron chi connectivity index (χ2n) is 10.9. The SMILES string of the molecule is CCOC(=O)C=CC(CC1CCNC1=O)NC(=O)C(Cc1ccccc1)NC(=O)C(NC(=O)OCc1ccccc1)C(C)C. The molecule has 11 nitrogen and oxygen atoms in total. The molecule has 1 heterocycles. The summed E-state index contributed by atoms with van der Waals surface area (Å²) in [5.74, 6) is -2.41. The van der Waals surface area contributed by atoms with E-state index in [1.165, 1.54) is 12.2 Å². The van der Waals surface area contributed by atoms with Gasteiger partial charge in [-0.3, -0.25) is 14.4 Å². The second-order valence-corrected chi connectivity index (χ2v) is 10.9. The standard InChI is InChI=1S/C33H42N4O7/c1-4-43-28(38)16-15-26(20-25-17-18-34-30(25)39)35-31(40)27(19-23-11-7-5-8-12-23)36-32(41)29(22(2)3)37-33(42)44-21-24-13-9-6-10-14-24/h5-16,22,25-27,29H,4,17-21H2,1-3H3,(H,34,39)(H,35,40)(H,36,41)(H,37,42). The average molecular weight is 607 g/mol. The molecule has 0 spiro atoms. The Labute approximate surface area is 258 Å². The number of alkyl carbamates (subject to hydrolysis) is 1. The molecule has 3 rings (SSSR count). The van der Waals surface area contributed by atoms with Crippen LogP contribution < -0.4 is 21.3 Å². The van der Waals surface area contributed by atoms with Crippen molar-refractivity contribution in [3.63, 3.8) is 0 Å². The number of esters is 1. The Morgan fingerprint density at radius 2 is 1.57 bits per heavy atom. The van der Waals surface area contributed by atoms with Crippen molar-refractivity contribution < 1.29 is 33.4 Å². The first kappa shape index (κ1) is 33.8. The fourth-order valence-electron chi connectivity index (χ4n) is 4.78. The van der Waals surface area contributed by atoms with E-state index < -0.39 is 42.0 Å². The Morgan fingerprint density at radius 3 is 2.16 bits per heavy atom. The van der Waals surface area contributed by atoms with Gasteiger partial charge in [-0.15, -0.1) is 0 Å². The zero-order valence-electron chi connectivity index (χ0n) is 25.4. The van der Waals surface area contributed by atoms with Crippen LogP contribution in [0.3, 0.4) is 0 Å². The number of benzene rings is 2. The van der Waals surface area contributed by atoms with Crippen molar-refractivity contribution in [3.05, 3.63) is 83.9 Å². The molecular formula is C33H42N4O7. The quantitative estimate of drug-likeness (QED) is 0.180. The summed E-state index contributed by atoms with van der Waals surface area (Å²) < 4.78 is 10.3. The molecule has 4 N–H and O–H groups in total. The van der Waals surface area contributed by atoms with Crippen LogP contribution in [0.4, 0.5) is 4.79 Å². The lowest BCUT2D eigenvalue weighted by molar-refractivity contribution is -0.137. The molecule has 0 aromatic heterocycles. The number of amides is 4. The van der Waals surface area contributed by atoms with E-state index in [1.54, 1.807) is 20.8 Å². The van der Waals surface area contributed by atoms with E-state index in [-0.39, 0.29) is 43.8 Å². The van der Waals surface area contributed by atoms with Crippen molar-refractivity contribution in [1.82, 2.24) is 21.3 Å². The minimum Gasteiger partial charge on any atom is -0.463 e. The first-order valence-electron chi connectivity index (χ1n) is 14.9. The number of hydrogen-bond donors (Lipinski definition) is 4. The molecule has 1 aliphatic heterocycles. The van der Waals surface area contributed by atoms with Gasteiger partial charge in [0.1, 0.15) is 18.7 Å². The number of carbonyl (C=O) groups excluding carboxylic acids is 5.